The van der Waals surface area contributed by atoms with Crippen LogP contribution in [0.15, 0.2) is 35.9 Å². The highest BCUT2D eigenvalue weighted by atomic mass is 32.2. The van der Waals surface area contributed by atoms with E-state index >= 15 is 0 Å². The highest BCUT2D eigenvalue weighted by Crippen LogP contribution is 2.49. The number of aliphatic hydroxyl groups excluding tert-OH is 1. The number of esters is 1. The number of carbonyl (C=O) groups excluding carboxylic acids is 3. The summed E-state index contributed by atoms with van der Waals surface area (Å²) in [6.07, 6.45) is 3.09. The molecule has 0 aliphatic carbocycles. The Kier molecular flexibility index (Phi) is 6.69. The fraction of sp³-hybridized carbons (Fsp3) is 0.550. The van der Waals surface area contributed by atoms with Gasteiger partial charge in [0.2, 0.25) is 5.91 Å². The molecular weight excluding hydrogens is 396 g/mol. The number of thioether (sulfide) groups is 1. The van der Waals surface area contributed by atoms with Gasteiger partial charge in [-0.05, 0) is 13.3 Å². The molecular formula is C20H26N2O6S. The van der Waals surface area contributed by atoms with Gasteiger partial charge in [-0.15, -0.1) is 11.8 Å². The molecule has 0 aromatic heterocycles. The summed E-state index contributed by atoms with van der Waals surface area (Å²) in [5, 5.41) is 10.0. The summed E-state index contributed by atoms with van der Waals surface area (Å²) in [6.45, 7) is 9.94. The van der Waals surface area contributed by atoms with E-state index in [-0.39, 0.29) is 42.2 Å². The van der Waals surface area contributed by atoms with Crippen LogP contribution in [0.25, 0.3) is 0 Å². The lowest BCUT2D eigenvalue weighted by molar-refractivity contribution is -0.162. The molecule has 3 heterocycles. The normalized spacial score (nSPS) is 26.7. The van der Waals surface area contributed by atoms with E-state index in [1.807, 2.05) is 0 Å². The van der Waals surface area contributed by atoms with Crippen molar-refractivity contribution in [2.24, 2.45) is 5.92 Å². The second-order valence-corrected chi connectivity index (χ2v) is 8.64. The Bertz CT molecular complexity index is 749. The fourth-order valence-corrected chi connectivity index (χ4v) is 5.38. The summed E-state index contributed by atoms with van der Waals surface area (Å²) in [5.41, 5.74) is 0.261. The molecule has 3 aliphatic heterocycles. The van der Waals surface area contributed by atoms with Gasteiger partial charge in [-0.3, -0.25) is 4.79 Å². The minimum atomic E-state index is -0.778. The molecule has 0 bridgehead atoms. The van der Waals surface area contributed by atoms with Crippen LogP contribution in [-0.4, -0.2) is 76.6 Å². The highest BCUT2D eigenvalue weighted by molar-refractivity contribution is 8.03. The van der Waals surface area contributed by atoms with Gasteiger partial charge < -0.3 is 24.4 Å². The maximum atomic E-state index is 12.6. The first-order valence-corrected chi connectivity index (χ1v) is 10.5. The van der Waals surface area contributed by atoms with Crippen molar-refractivity contribution in [2.45, 2.75) is 37.2 Å². The molecule has 9 heteroatoms. The first kappa shape index (κ1) is 21.4. The Morgan fingerprint density at radius 1 is 1.31 bits per heavy atom. The van der Waals surface area contributed by atoms with Crippen LogP contribution in [0.5, 0.6) is 0 Å². The molecule has 2 unspecified atom stereocenters. The number of hydrogen-bond acceptors (Lipinski definition) is 7. The third-order valence-corrected chi connectivity index (χ3v) is 6.61. The zero-order valence-corrected chi connectivity index (χ0v) is 17.2. The quantitative estimate of drug-likeness (QED) is 0.361. The predicted molar refractivity (Wildman–Crippen MR) is 108 cm³/mol. The molecule has 2 amide bonds. The number of β-lactam (4-membered cyclic amide) rings is 1. The number of aliphatic hydroxyl groups is 1. The third kappa shape index (κ3) is 4.20. The molecule has 2 fully saturated rings. The number of amides is 2. The lowest BCUT2D eigenvalue weighted by atomic mass is 9.83. The van der Waals surface area contributed by atoms with E-state index in [9.17, 15) is 19.5 Å². The minimum Gasteiger partial charge on any atom is -0.457 e. The van der Waals surface area contributed by atoms with E-state index < -0.39 is 18.0 Å². The maximum absolute atomic E-state index is 12.6. The fourth-order valence-electron chi connectivity index (χ4n) is 3.94. The number of carbonyl (C=O) groups is 3. The number of ether oxygens (including phenoxy) is 2. The molecule has 0 aromatic carbocycles. The van der Waals surface area contributed by atoms with Crippen LogP contribution in [-0.2, 0) is 19.1 Å². The van der Waals surface area contributed by atoms with Crippen molar-refractivity contribution in [1.82, 2.24) is 9.80 Å². The van der Waals surface area contributed by atoms with Crippen LogP contribution in [0.4, 0.5) is 4.79 Å². The first-order chi connectivity index (χ1) is 13.9. The number of likely N-dealkylation sites (tertiary alicyclic amines) is 1. The molecule has 29 heavy (non-hydrogen) atoms. The molecule has 0 spiro atoms. The van der Waals surface area contributed by atoms with Gasteiger partial charge in [0.15, 0.2) is 0 Å². The third-order valence-electron chi connectivity index (χ3n) is 5.25. The lowest BCUT2D eigenvalue weighted by Crippen LogP contribution is -2.61. The number of rotatable bonds is 8. The van der Waals surface area contributed by atoms with Crippen LogP contribution < -0.4 is 0 Å². The molecule has 0 aromatic rings. The predicted octanol–water partition coefficient (Wildman–Crippen LogP) is 1.67. The highest BCUT2D eigenvalue weighted by Gasteiger charge is 2.57. The van der Waals surface area contributed by atoms with Crippen LogP contribution in [0.3, 0.4) is 0 Å². The average Bonchev–Trinajstić information content (AvgIpc) is 3.27. The number of hydrogen-bond donors (Lipinski definition) is 1. The molecule has 0 saturated carbocycles. The van der Waals surface area contributed by atoms with Gasteiger partial charge >= 0.3 is 12.1 Å². The van der Waals surface area contributed by atoms with Crippen LogP contribution >= 0.6 is 11.8 Å². The van der Waals surface area contributed by atoms with Crippen LogP contribution in [0.1, 0.15) is 19.8 Å². The van der Waals surface area contributed by atoms with E-state index in [0.29, 0.717) is 19.5 Å². The maximum Gasteiger partial charge on any atom is 0.410 e. The van der Waals surface area contributed by atoms with E-state index in [1.54, 1.807) is 11.8 Å². The van der Waals surface area contributed by atoms with Crippen molar-refractivity contribution in [3.63, 3.8) is 0 Å². The standard InChI is InChI=1S/C20H26N2O6S/c1-4-8-27-19(25)17-15(10-14-16(12(3)23)18(24)22(14)17)29-13-6-7-21(11-13)20(26)28-9-5-2/h4-5,12-14,16,23H,1-2,6-11H2,3H3/t12?,13?,14-,16+/m1/s1. The van der Waals surface area contributed by atoms with Gasteiger partial charge in [-0.25, -0.2) is 9.59 Å². The van der Waals surface area contributed by atoms with Crippen molar-refractivity contribution < 1.29 is 29.0 Å². The van der Waals surface area contributed by atoms with Crippen molar-refractivity contribution in [1.29, 1.82) is 0 Å². The Hall–Kier alpha value is -2.26. The summed E-state index contributed by atoms with van der Waals surface area (Å²) in [5.74, 6) is -1.33. The Morgan fingerprint density at radius 3 is 2.66 bits per heavy atom. The van der Waals surface area contributed by atoms with Crippen molar-refractivity contribution in [2.75, 3.05) is 26.3 Å². The van der Waals surface area contributed by atoms with Crippen LogP contribution in [0, 0.1) is 5.92 Å². The van der Waals surface area contributed by atoms with Crippen molar-refractivity contribution >= 4 is 29.7 Å². The topological polar surface area (TPSA) is 96.4 Å². The Balaban J connectivity index is 1.72. The first-order valence-electron chi connectivity index (χ1n) is 9.60. The number of nitrogens with zero attached hydrogens (tertiary/aromatic N) is 2. The van der Waals surface area contributed by atoms with Crippen molar-refractivity contribution in [3.05, 3.63) is 35.9 Å². The summed E-state index contributed by atoms with van der Waals surface area (Å²) in [4.78, 5) is 41.0. The molecule has 3 aliphatic rings. The van der Waals surface area contributed by atoms with Gasteiger partial charge in [-0.2, -0.15) is 0 Å². The zero-order valence-electron chi connectivity index (χ0n) is 16.4. The van der Waals surface area contributed by atoms with Gasteiger partial charge in [0.25, 0.3) is 0 Å². The molecule has 8 nitrogen and oxygen atoms in total. The zero-order chi connectivity index (χ0) is 21.1. The average molecular weight is 423 g/mol. The lowest BCUT2D eigenvalue weighted by Gasteiger charge is -2.44. The minimum absolute atomic E-state index is 0.0547. The van der Waals surface area contributed by atoms with Gasteiger partial charge in [0.1, 0.15) is 18.9 Å². The smallest absolute Gasteiger partial charge is 0.410 e. The van der Waals surface area contributed by atoms with E-state index in [4.69, 9.17) is 9.47 Å². The molecule has 1 N–H and O–H groups in total. The molecule has 158 valence electrons. The van der Waals surface area contributed by atoms with Gasteiger partial charge in [-0.1, -0.05) is 25.3 Å². The van der Waals surface area contributed by atoms with Crippen LogP contribution in [0.2, 0.25) is 0 Å². The molecule has 3 rings (SSSR count). The summed E-state index contributed by atoms with van der Waals surface area (Å²) in [7, 11) is 0. The Labute approximate surface area is 174 Å². The van der Waals surface area contributed by atoms with E-state index in [2.05, 4.69) is 13.2 Å². The Morgan fingerprint density at radius 2 is 2.00 bits per heavy atom. The summed E-state index contributed by atoms with van der Waals surface area (Å²) < 4.78 is 10.3. The SMILES string of the molecule is C=CCOC(=O)C1=C(SC2CCN(C(=O)OCC=C)C2)C[C@@H]2[C@H](C(C)O)C(=O)N12. The van der Waals surface area contributed by atoms with E-state index in [0.717, 1.165) is 11.3 Å². The van der Waals surface area contributed by atoms with E-state index in [1.165, 1.54) is 28.8 Å². The van der Waals surface area contributed by atoms with Gasteiger partial charge in [0.05, 0.1) is 18.1 Å². The largest absolute Gasteiger partial charge is 0.457 e. The molecule has 0 radical (unpaired) electrons. The second-order valence-electron chi connectivity index (χ2n) is 7.25. The molecule has 2 saturated heterocycles. The summed E-state index contributed by atoms with van der Waals surface area (Å²) >= 11 is 1.50. The monoisotopic (exact) mass is 422 g/mol. The van der Waals surface area contributed by atoms with Crippen molar-refractivity contribution in [3.8, 4) is 0 Å². The second kappa shape index (κ2) is 9.04. The number of fused-ring (bicyclic) bond motifs is 1. The molecule has 4 atom stereocenters. The summed E-state index contributed by atoms with van der Waals surface area (Å²) in [6, 6.07) is -0.230. The van der Waals surface area contributed by atoms with Gasteiger partial charge in [0, 0.05) is 29.7 Å².